The number of anilines is 1. The highest BCUT2D eigenvalue weighted by molar-refractivity contribution is 7.09. The Bertz CT molecular complexity index is 1340. The summed E-state index contributed by atoms with van der Waals surface area (Å²) in [5.41, 5.74) is 3.53. The smallest absolute Gasteiger partial charge is 0.322 e. The van der Waals surface area contributed by atoms with Crippen molar-refractivity contribution in [2.75, 3.05) is 58.6 Å². The van der Waals surface area contributed by atoms with Gasteiger partial charge in [-0.3, -0.25) is 9.69 Å². The number of hydrogen-bond donors (Lipinski definition) is 1. The van der Waals surface area contributed by atoms with Crippen LogP contribution >= 0.6 is 11.3 Å². The summed E-state index contributed by atoms with van der Waals surface area (Å²) in [6.45, 7) is 9.24. The lowest BCUT2D eigenvalue weighted by atomic mass is 10.0. The first-order chi connectivity index (χ1) is 19.9. The third kappa shape index (κ3) is 7.35. The van der Waals surface area contributed by atoms with E-state index in [2.05, 4.69) is 35.1 Å². The topological polar surface area (TPSA) is 96.5 Å². The van der Waals surface area contributed by atoms with Gasteiger partial charge in [-0.15, -0.1) is 11.3 Å². The van der Waals surface area contributed by atoms with Crippen LogP contribution in [0.15, 0.2) is 47.8 Å². The summed E-state index contributed by atoms with van der Waals surface area (Å²) in [5.74, 6) is 1.91. The van der Waals surface area contributed by atoms with Crippen LogP contribution in [0.2, 0.25) is 0 Å². The molecule has 2 aliphatic rings. The van der Waals surface area contributed by atoms with E-state index in [4.69, 9.17) is 14.2 Å². The van der Waals surface area contributed by atoms with Gasteiger partial charge in [0.1, 0.15) is 10.7 Å². The second-order valence-corrected chi connectivity index (χ2v) is 11.4. The molecule has 3 aromatic rings. The number of urea groups is 1. The van der Waals surface area contributed by atoms with Gasteiger partial charge in [0, 0.05) is 57.4 Å². The number of rotatable bonds is 10. The molecule has 41 heavy (non-hydrogen) atoms. The predicted octanol–water partition coefficient (Wildman–Crippen LogP) is 4.63. The molecule has 1 saturated heterocycles. The Hall–Kier alpha value is -3.67. The lowest BCUT2D eigenvalue weighted by Gasteiger charge is -2.34. The molecule has 1 N–H and O–H groups in total. The highest BCUT2D eigenvalue weighted by Gasteiger charge is 2.25. The van der Waals surface area contributed by atoms with Crippen molar-refractivity contribution in [3.63, 3.8) is 0 Å². The van der Waals surface area contributed by atoms with Gasteiger partial charge in [-0.1, -0.05) is 32.0 Å². The van der Waals surface area contributed by atoms with Crippen LogP contribution in [0.5, 0.6) is 11.5 Å². The van der Waals surface area contributed by atoms with Crippen LogP contribution in [0.4, 0.5) is 10.5 Å². The molecular weight excluding hydrogens is 542 g/mol. The zero-order valence-electron chi connectivity index (χ0n) is 23.8. The maximum Gasteiger partial charge on any atom is 0.322 e. The van der Waals surface area contributed by atoms with E-state index >= 15 is 0 Å². The average Bonchev–Trinajstić information content (AvgIpc) is 3.65. The number of piperazine rings is 1. The number of nitrogens with one attached hydrogen (secondary N) is 1. The van der Waals surface area contributed by atoms with E-state index in [0.717, 1.165) is 42.4 Å². The second kappa shape index (κ2) is 13.3. The summed E-state index contributed by atoms with van der Waals surface area (Å²) in [5, 5.41) is 5.46. The first kappa shape index (κ1) is 28.8. The number of benzene rings is 2. The molecule has 1 aromatic heterocycles. The number of aromatic nitrogens is 1. The van der Waals surface area contributed by atoms with Gasteiger partial charge in [0.05, 0.1) is 13.2 Å². The maximum atomic E-state index is 13.2. The highest BCUT2D eigenvalue weighted by Crippen LogP contribution is 2.33. The number of carbonyl (C=O) groups is 2. The summed E-state index contributed by atoms with van der Waals surface area (Å²) in [7, 11) is 1.61. The molecular formula is C30H37N5O5S. The SMILES string of the molecule is COCCN(Cc1nc(C(=O)N2CCN(Cc3ccc4c(c3)OCO4)CC2)cs1)C(=O)Nc1ccc(C(C)C)cc1. The fraction of sp³-hybridized carbons (Fsp3) is 0.433. The second-order valence-electron chi connectivity index (χ2n) is 10.5. The van der Waals surface area contributed by atoms with Crippen molar-refractivity contribution < 1.29 is 23.8 Å². The number of fused-ring (bicyclic) bond motifs is 1. The van der Waals surface area contributed by atoms with Crippen molar-refractivity contribution in [1.82, 2.24) is 19.7 Å². The molecule has 0 radical (unpaired) electrons. The maximum absolute atomic E-state index is 13.2. The van der Waals surface area contributed by atoms with Crippen molar-refractivity contribution in [2.45, 2.75) is 32.9 Å². The van der Waals surface area contributed by atoms with E-state index in [1.807, 2.05) is 41.3 Å². The number of carbonyl (C=O) groups excluding carboxylic acids is 2. The van der Waals surface area contributed by atoms with Gasteiger partial charge in [-0.25, -0.2) is 9.78 Å². The zero-order valence-corrected chi connectivity index (χ0v) is 24.6. The standard InChI is InChI=1S/C30H37N5O5S/c1-21(2)23-5-7-24(8-6-23)31-30(37)35(14-15-38-3)18-28-32-25(19-41-28)29(36)34-12-10-33(11-13-34)17-22-4-9-26-27(16-22)40-20-39-26/h4-9,16,19,21H,10-15,17-18,20H2,1-3H3,(H,31,37). The Morgan fingerprint density at radius 2 is 1.83 bits per heavy atom. The number of nitrogens with zero attached hydrogens (tertiary/aromatic N) is 4. The number of thiazole rings is 1. The Morgan fingerprint density at radius 3 is 2.56 bits per heavy atom. The fourth-order valence-electron chi connectivity index (χ4n) is 4.82. The van der Waals surface area contributed by atoms with E-state index in [0.29, 0.717) is 49.4 Å². The molecule has 2 aromatic carbocycles. The third-order valence-corrected chi connectivity index (χ3v) is 8.11. The first-order valence-electron chi connectivity index (χ1n) is 13.9. The third-order valence-electron chi connectivity index (χ3n) is 7.28. The molecule has 0 saturated carbocycles. The molecule has 2 aliphatic heterocycles. The summed E-state index contributed by atoms with van der Waals surface area (Å²) < 4.78 is 16.1. The molecule has 0 aliphatic carbocycles. The van der Waals surface area contributed by atoms with Gasteiger partial charge in [0.2, 0.25) is 6.79 Å². The van der Waals surface area contributed by atoms with Crippen molar-refractivity contribution in [3.05, 3.63) is 69.7 Å². The number of ether oxygens (including phenoxy) is 3. The highest BCUT2D eigenvalue weighted by atomic mass is 32.1. The predicted molar refractivity (Wildman–Crippen MR) is 158 cm³/mol. The van der Waals surface area contributed by atoms with E-state index in [1.165, 1.54) is 16.9 Å². The molecule has 11 heteroatoms. The summed E-state index contributed by atoms with van der Waals surface area (Å²) >= 11 is 1.39. The minimum Gasteiger partial charge on any atom is -0.454 e. The van der Waals surface area contributed by atoms with Crippen LogP contribution in [-0.4, -0.2) is 84.9 Å². The first-order valence-corrected chi connectivity index (χ1v) is 14.8. The van der Waals surface area contributed by atoms with Gasteiger partial charge < -0.3 is 29.3 Å². The Balaban J connectivity index is 1.14. The monoisotopic (exact) mass is 579 g/mol. The summed E-state index contributed by atoms with van der Waals surface area (Å²) in [4.78, 5) is 36.7. The van der Waals surface area contributed by atoms with Crippen LogP contribution in [0.3, 0.4) is 0 Å². The quantitative estimate of drug-likeness (QED) is 0.374. The van der Waals surface area contributed by atoms with Gasteiger partial charge in [-0.2, -0.15) is 0 Å². The van der Waals surface area contributed by atoms with Gasteiger partial charge >= 0.3 is 6.03 Å². The number of hydrogen-bond acceptors (Lipinski definition) is 8. The molecule has 5 rings (SSSR count). The van der Waals surface area contributed by atoms with Crippen molar-refractivity contribution in [3.8, 4) is 11.5 Å². The average molecular weight is 580 g/mol. The summed E-state index contributed by atoms with van der Waals surface area (Å²) in [6.07, 6.45) is 0. The molecule has 3 amide bonds. The minimum absolute atomic E-state index is 0.0756. The van der Waals surface area contributed by atoms with Crippen LogP contribution in [-0.2, 0) is 17.8 Å². The van der Waals surface area contributed by atoms with E-state index in [-0.39, 0.29) is 18.7 Å². The molecule has 0 bridgehead atoms. The van der Waals surface area contributed by atoms with Crippen molar-refractivity contribution in [2.24, 2.45) is 0 Å². The van der Waals surface area contributed by atoms with E-state index in [9.17, 15) is 9.59 Å². The molecule has 0 atom stereocenters. The van der Waals surface area contributed by atoms with E-state index in [1.54, 1.807) is 17.4 Å². The lowest BCUT2D eigenvalue weighted by molar-refractivity contribution is 0.0623. The lowest BCUT2D eigenvalue weighted by Crippen LogP contribution is -2.48. The van der Waals surface area contributed by atoms with Crippen LogP contribution in [0, 0.1) is 0 Å². The molecule has 0 spiro atoms. The number of amides is 3. The summed E-state index contributed by atoms with van der Waals surface area (Å²) in [6, 6.07) is 13.7. The van der Waals surface area contributed by atoms with Gasteiger partial charge in [-0.05, 0) is 41.3 Å². The Labute approximate surface area is 244 Å². The molecule has 218 valence electrons. The Morgan fingerprint density at radius 1 is 1.07 bits per heavy atom. The Kier molecular flexibility index (Phi) is 9.38. The van der Waals surface area contributed by atoms with Crippen molar-refractivity contribution >= 4 is 29.0 Å². The fourth-order valence-corrected chi connectivity index (χ4v) is 5.60. The van der Waals surface area contributed by atoms with Crippen LogP contribution < -0.4 is 14.8 Å². The normalized spacial score (nSPS) is 14.9. The molecule has 3 heterocycles. The van der Waals surface area contributed by atoms with Gasteiger partial charge in [0.15, 0.2) is 11.5 Å². The van der Waals surface area contributed by atoms with Crippen molar-refractivity contribution in [1.29, 1.82) is 0 Å². The molecule has 0 unspecified atom stereocenters. The molecule has 1 fully saturated rings. The van der Waals surface area contributed by atoms with Crippen LogP contribution in [0.1, 0.15) is 46.4 Å². The van der Waals surface area contributed by atoms with Crippen LogP contribution in [0.25, 0.3) is 0 Å². The zero-order chi connectivity index (χ0) is 28.8. The minimum atomic E-state index is -0.235. The van der Waals surface area contributed by atoms with E-state index < -0.39 is 0 Å². The van der Waals surface area contributed by atoms with Gasteiger partial charge in [0.25, 0.3) is 5.91 Å². The largest absolute Gasteiger partial charge is 0.454 e. The number of methoxy groups -OCH3 is 1. The molecule has 10 nitrogen and oxygen atoms in total.